The molecule has 1 rings (SSSR count). The van der Waals surface area contributed by atoms with Crippen LogP contribution in [0.4, 0.5) is 0 Å². The van der Waals surface area contributed by atoms with Crippen molar-refractivity contribution in [3.8, 4) is 0 Å². The van der Waals surface area contributed by atoms with E-state index in [1.807, 2.05) is 26.8 Å². The Bertz CT molecular complexity index is 559. The average Bonchev–Trinajstić information content (AvgIpc) is 2.40. The van der Waals surface area contributed by atoms with E-state index in [1.165, 1.54) is 0 Å². The smallest absolute Gasteiger partial charge is 0.241 e. The average molecular weight is 363 g/mol. The van der Waals surface area contributed by atoms with Crippen LogP contribution in [0.15, 0.2) is 21.5 Å². The van der Waals surface area contributed by atoms with E-state index in [2.05, 4.69) is 20.7 Å². The molecule has 0 bridgehead atoms. The van der Waals surface area contributed by atoms with Gasteiger partial charge in [-0.15, -0.1) is 0 Å². The lowest BCUT2D eigenvalue weighted by atomic mass is 10.1. The second-order valence-electron chi connectivity index (χ2n) is 4.94. The molecule has 4 nitrogen and oxygen atoms in total. The van der Waals surface area contributed by atoms with Gasteiger partial charge >= 0.3 is 0 Å². The van der Waals surface area contributed by atoms with E-state index in [0.717, 1.165) is 30.4 Å². The molecule has 0 aliphatic heterocycles. The van der Waals surface area contributed by atoms with Crippen LogP contribution in [0.2, 0.25) is 0 Å². The molecule has 0 aliphatic rings. The molecule has 0 fully saturated rings. The van der Waals surface area contributed by atoms with Crippen molar-refractivity contribution in [3.63, 3.8) is 0 Å². The first-order chi connectivity index (χ1) is 9.35. The zero-order chi connectivity index (χ0) is 15.3. The fraction of sp³-hybridized carbons (Fsp3) is 0.571. The number of benzene rings is 1. The first kappa shape index (κ1) is 17.6. The SMILES string of the molecule is CCCC(CC)NS(=O)(=O)c1cc(CN)cc(C)c1Br. The van der Waals surface area contributed by atoms with Crippen molar-refractivity contribution in [2.75, 3.05) is 0 Å². The largest absolute Gasteiger partial charge is 0.326 e. The molecule has 0 saturated carbocycles. The summed E-state index contributed by atoms with van der Waals surface area (Å²) < 4.78 is 28.5. The molecule has 0 aliphatic carbocycles. The molecule has 114 valence electrons. The van der Waals surface area contributed by atoms with Gasteiger partial charge in [0.15, 0.2) is 0 Å². The highest BCUT2D eigenvalue weighted by Gasteiger charge is 2.22. The highest BCUT2D eigenvalue weighted by atomic mass is 79.9. The molecule has 3 N–H and O–H groups in total. The van der Waals surface area contributed by atoms with Crippen molar-refractivity contribution < 1.29 is 8.42 Å². The zero-order valence-corrected chi connectivity index (χ0v) is 14.6. The molecule has 20 heavy (non-hydrogen) atoms. The lowest BCUT2D eigenvalue weighted by Crippen LogP contribution is -2.34. The molecule has 1 unspecified atom stereocenters. The van der Waals surface area contributed by atoms with Crippen LogP contribution in [0.1, 0.15) is 44.2 Å². The van der Waals surface area contributed by atoms with Crippen LogP contribution in [0.3, 0.4) is 0 Å². The number of nitrogens with one attached hydrogen (secondary N) is 1. The number of hydrogen-bond acceptors (Lipinski definition) is 3. The lowest BCUT2D eigenvalue weighted by molar-refractivity contribution is 0.512. The highest BCUT2D eigenvalue weighted by molar-refractivity contribution is 9.10. The number of rotatable bonds is 7. The highest BCUT2D eigenvalue weighted by Crippen LogP contribution is 2.27. The molecule has 1 aromatic carbocycles. The van der Waals surface area contributed by atoms with Crippen LogP contribution < -0.4 is 10.5 Å². The maximum Gasteiger partial charge on any atom is 0.241 e. The van der Waals surface area contributed by atoms with Crippen LogP contribution in [-0.4, -0.2) is 14.5 Å². The van der Waals surface area contributed by atoms with Gasteiger partial charge in [-0.1, -0.05) is 26.3 Å². The summed E-state index contributed by atoms with van der Waals surface area (Å²) in [6, 6.07) is 3.50. The van der Waals surface area contributed by atoms with Gasteiger partial charge in [-0.3, -0.25) is 0 Å². The maximum absolute atomic E-state index is 12.5. The van der Waals surface area contributed by atoms with Gasteiger partial charge < -0.3 is 5.73 Å². The van der Waals surface area contributed by atoms with Gasteiger partial charge in [0.25, 0.3) is 0 Å². The molecular formula is C14H23BrN2O2S. The van der Waals surface area contributed by atoms with E-state index in [4.69, 9.17) is 5.73 Å². The summed E-state index contributed by atoms with van der Waals surface area (Å²) in [5.41, 5.74) is 7.31. The molecule has 0 aromatic heterocycles. The predicted molar refractivity (Wildman–Crippen MR) is 86.1 cm³/mol. The fourth-order valence-electron chi connectivity index (χ4n) is 2.10. The Kier molecular flexibility index (Phi) is 6.64. The molecule has 0 radical (unpaired) electrons. The summed E-state index contributed by atoms with van der Waals surface area (Å²) in [5, 5.41) is 0. The van der Waals surface area contributed by atoms with Crippen molar-refractivity contribution in [1.29, 1.82) is 0 Å². The minimum Gasteiger partial charge on any atom is -0.326 e. The van der Waals surface area contributed by atoms with Gasteiger partial charge in [0.05, 0.1) is 4.90 Å². The number of nitrogens with two attached hydrogens (primary N) is 1. The first-order valence-corrected chi connectivity index (χ1v) is 9.14. The Morgan fingerprint density at radius 2 is 2.00 bits per heavy atom. The second-order valence-corrected chi connectivity index (χ2v) is 7.42. The Morgan fingerprint density at radius 3 is 2.50 bits per heavy atom. The molecular weight excluding hydrogens is 340 g/mol. The summed E-state index contributed by atoms with van der Waals surface area (Å²) in [7, 11) is -3.53. The molecule has 0 spiro atoms. The lowest BCUT2D eigenvalue weighted by Gasteiger charge is -2.18. The summed E-state index contributed by atoms with van der Waals surface area (Å²) >= 11 is 3.37. The third-order valence-corrected chi connectivity index (χ3v) is 6.12. The standard InChI is InChI=1S/C14H23BrN2O2S/c1-4-6-12(5-2)17-20(18,19)13-8-11(9-16)7-10(3)14(13)15/h7-8,12,17H,4-6,9,16H2,1-3H3. The topological polar surface area (TPSA) is 72.2 Å². The predicted octanol–water partition coefficient (Wildman–Crippen LogP) is 3.07. The van der Waals surface area contributed by atoms with Gasteiger partial charge in [0, 0.05) is 17.1 Å². The van der Waals surface area contributed by atoms with Gasteiger partial charge in [-0.2, -0.15) is 0 Å². The van der Waals surface area contributed by atoms with Crippen molar-refractivity contribution in [1.82, 2.24) is 4.72 Å². The Labute approximate surface area is 130 Å². The number of sulfonamides is 1. The molecule has 6 heteroatoms. The zero-order valence-electron chi connectivity index (χ0n) is 12.2. The van der Waals surface area contributed by atoms with Crippen LogP contribution in [0, 0.1) is 6.92 Å². The van der Waals surface area contributed by atoms with Gasteiger partial charge in [-0.05, 0) is 52.9 Å². The normalized spacial score (nSPS) is 13.4. The van der Waals surface area contributed by atoms with Crippen LogP contribution in [0.25, 0.3) is 0 Å². The molecule has 0 heterocycles. The number of hydrogen-bond donors (Lipinski definition) is 2. The van der Waals surface area contributed by atoms with Gasteiger partial charge in [0.2, 0.25) is 10.0 Å². The van der Waals surface area contributed by atoms with E-state index < -0.39 is 10.0 Å². The molecule has 0 saturated heterocycles. The van der Waals surface area contributed by atoms with Crippen molar-refractivity contribution in [3.05, 3.63) is 27.7 Å². The number of aryl methyl sites for hydroxylation is 1. The summed E-state index contributed by atoms with van der Waals surface area (Å²) in [4.78, 5) is 0.271. The van der Waals surface area contributed by atoms with Crippen molar-refractivity contribution >= 4 is 26.0 Å². The quantitative estimate of drug-likeness (QED) is 0.782. The molecule has 0 amide bonds. The third-order valence-electron chi connectivity index (χ3n) is 3.26. The van der Waals surface area contributed by atoms with Gasteiger partial charge in [-0.25, -0.2) is 13.1 Å². The monoisotopic (exact) mass is 362 g/mol. The van der Waals surface area contributed by atoms with Crippen molar-refractivity contribution in [2.24, 2.45) is 5.73 Å². The van der Waals surface area contributed by atoms with E-state index in [1.54, 1.807) is 6.07 Å². The van der Waals surface area contributed by atoms with Crippen LogP contribution in [0.5, 0.6) is 0 Å². The first-order valence-electron chi connectivity index (χ1n) is 6.87. The summed E-state index contributed by atoms with van der Waals surface area (Å²) in [6.07, 6.45) is 2.56. The Morgan fingerprint density at radius 1 is 1.35 bits per heavy atom. The van der Waals surface area contributed by atoms with E-state index in [9.17, 15) is 8.42 Å². The van der Waals surface area contributed by atoms with Crippen molar-refractivity contribution in [2.45, 2.75) is 57.5 Å². The molecule has 1 aromatic rings. The molecule has 1 atom stereocenters. The van der Waals surface area contributed by atoms with E-state index in [0.29, 0.717) is 11.0 Å². The Hall–Kier alpha value is -0.430. The van der Waals surface area contributed by atoms with Crippen LogP contribution in [-0.2, 0) is 16.6 Å². The Balaban J connectivity index is 3.18. The summed E-state index contributed by atoms with van der Waals surface area (Å²) in [6.45, 7) is 6.22. The number of halogens is 1. The fourth-order valence-corrected chi connectivity index (χ4v) is 4.52. The maximum atomic E-state index is 12.5. The van der Waals surface area contributed by atoms with E-state index in [-0.39, 0.29) is 10.9 Å². The van der Waals surface area contributed by atoms with E-state index >= 15 is 0 Å². The van der Waals surface area contributed by atoms with Gasteiger partial charge in [0.1, 0.15) is 0 Å². The van der Waals surface area contributed by atoms with Crippen LogP contribution >= 0.6 is 15.9 Å². The minimum atomic E-state index is -3.53. The second kappa shape index (κ2) is 7.54. The minimum absolute atomic E-state index is 0.0289. The third kappa shape index (κ3) is 4.28. The summed E-state index contributed by atoms with van der Waals surface area (Å²) in [5.74, 6) is 0.